The quantitative estimate of drug-likeness (QED) is 0.782. The second kappa shape index (κ2) is 8.79. The van der Waals surface area contributed by atoms with Crippen molar-refractivity contribution < 1.29 is 28.2 Å². The lowest BCUT2D eigenvalue weighted by atomic mass is 10.1. The number of hydrogen-bond donors (Lipinski definition) is 1. The van der Waals surface area contributed by atoms with Gasteiger partial charge in [-0.05, 0) is 42.5 Å². The molecule has 0 bridgehead atoms. The molecule has 0 saturated heterocycles. The Balaban J connectivity index is 2.16. The number of amides is 1. The summed E-state index contributed by atoms with van der Waals surface area (Å²) >= 11 is 0. The second-order valence-corrected chi connectivity index (χ2v) is 5.66. The van der Waals surface area contributed by atoms with Gasteiger partial charge in [-0.3, -0.25) is 4.79 Å². The fraction of sp³-hybridized carbons (Fsp3) is 0.211. The van der Waals surface area contributed by atoms with Gasteiger partial charge in [-0.1, -0.05) is 0 Å². The smallest absolute Gasteiger partial charge is 0.337 e. The Morgan fingerprint density at radius 1 is 0.963 bits per heavy atom. The monoisotopic (exact) mass is 374 g/mol. The fourth-order valence-electron chi connectivity index (χ4n) is 2.37. The predicted octanol–water partition coefficient (Wildman–Crippen LogP) is 2.47. The molecule has 0 aliphatic heterocycles. The average Bonchev–Trinajstić information content (AvgIpc) is 2.66. The van der Waals surface area contributed by atoms with Crippen LogP contribution < -0.4 is 10.2 Å². The van der Waals surface area contributed by atoms with Crippen molar-refractivity contribution in [1.29, 1.82) is 0 Å². The van der Waals surface area contributed by atoms with Gasteiger partial charge >= 0.3 is 11.9 Å². The number of likely N-dealkylation sites (N-methyl/N-ethyl adjacent to an activating group) is 1. The summed E-state index contributed by atoms with van der Waals surface area (Å²) in [5.74, 6) is -2.06. The number of anilines is 2. The van der Waals surface area contributed by atoms with Crippen molar-refractivity contribution in [2.45, 2.75) is 0 Å². The lowest BCUT2D eigenvalue weighted by Gasteiger charge is -2.19. The molecule has 0 fully saturated rings. The van der Waals surface area contributed by atoms with Crippen molar-refractivity contribution in [2.75, 3.05) is 38.0 Å². The summed E-state index contributed by atoms with van der Waals surface area (Å²) in [5.41, 5.74) is 1.10. The molecule has 0 unspecified atom stereocenters. The zero-order valence-corrected chi connectivity index (χ0v) is 15.1. The Morgan fingerprint density at radius 3 is 1.96 bits per heavy atom. The molecule has 2 rings (SSSR count). The Kier molecular flexibility index (Phi) is 6.48. The van der Waals surface area contributed by atoms with E-state index in [0.717, 1.165) is 0 Å². The fourth-order valence-corrected chi connectivity index (χ4v) is 2.37. The molecular weight excluding hydrogens is 355 g/mol. The molecule has 142 valence electrons. The van der Waals surface area contributed by atoms with Gasteiger partial charge in [0, 0.05) is 18.4 Å². The molecule has 0 radical (unpaired) electrons. The number of methoxy groups -OCH3 is 2. The van der Waals surface area contributed by atoms with E-state index in [2.05, 4.69) is 14.8 Å². The minimum Gasteiger partial charge on any atom is -0.465 e. The number of ether oxygens (including phenoxy) is 2. The first-order chi connectivity index (χ1) is 12.8. The van der Waals surface area contributed by atoms with Crippen LogP contribution in [0.2, 0.25) is 0 Å². The van der Waals surface area contributed by atoms with Crippen LogP contribution >= 0.6 is 0 Å². The van der Waals surface area contributed by atoms with Gasteiger partial charge in [0.1, 0.15) is 5.82 Å². The second-order valence-electron chi connectivity index (χ2n) is 5.66. The summed E-state index contributed by atoms with van der Waals surface area (Å²) in [6.07, 6.45) is 0. The van der Waals surface area contributed by atoms with Gasteiger partial charge in [0.2, 0.25) is 5.91 Å². The minimum atomic E-state index is -0.653. The molecule has 0 aliphatic carbocycles. The molecule has 0 heterocycles. The zero-order chi connectivity index (χ0) is 20.0. The van der Waals surface area contributed by atoms with Crippen molar-refractivity contribution in [2.24, 2.45) is 0 Å². The van der Waals surface area contributed by atoms with Gasteiger partial charge in [-0.15, -0.1) is 0 Å². The molecule has 27 heavy (non-hydrogen) atoms. The van der Waals surface area contributed by atoms with Crippen LogP contribution in [0.4, 0.5) is 15.8 Å². The molecule has 0 aliphatic rings. The number of nitrogens with one attached hydrogen (secondary N) is 1. The Morgan fingerprint density at radius 2 is 1.48 bits per heavy atom. The van der Waals surface area contributed by atoms with Crippen LogP contribution in [0.25, 0.3) is 0 Å². The molecule has 0 aromatic heterocycles. The van der Waals surface area contributed by atoms with E-state index in [9.17, 15) is 18.8 Å². The molecule has 0 saturated carbocycles. The highest BCUT2D eigenvalue weighted by molar-refractivity contribution is 6.00. The average molecular weight is 374 g/mol. The molecule has 7 nitrogen and oxygen atoms in total. The molecule has 8 heteroatoms. The van der Waals surface area contributed by atoms with Crippen LogP contribution in [0.15, 0.2) is 42.5 Å². The number of hydrogen-bond acceptors (Lipinski definition) is 6. The Hall–Kier alpha value is -3.42. The summed E-state index contributed by atoms with van der Waals surface area (Å²) in [6, 6.07) is 9.81. The van der Waals surface area contributed by atoms with Crippen LogP contribution in [0.1, 0.15) is 20.7 Å². The van der Waals surface area contributed by atoms with E-state index in [1.54, 1.807) is 24.1 Å². The Bertz CT molecular complexity index is 817. The lowest BCUT2D eigenvalue weighted by molar-refractivity contribution is -0.114. The van der Waals surface area contributed by atoms with Gasteiger partial charge in [-0.25, -0.2) is 14.0 Å². The number of halogens is 1. The molecule has 0 atom stereocenters. The summed E-state index contributed by atoms with van der Waals surface area (Å²) < 4.78 is 22.3. The van der Waals surface area contributed by atoms with E-state index < -0.39 is 11.9 Å². The zero-order valence-electron chi connectivity index (χ0n) is 15.1. The van der Waals surface area contributed by atoms with Crippen molar-refractivity contribution in [3.05, 3.63) is 59.4 Å². The van der Waals surface area contributed by atoms with Crippen molar-refractivity contribution in [3.8, 4) is 0 Å². The van der Waals surface area contributed by atoms with Crippen LogP contribution in [0, 0.1) is 5.82 Å². The summed E-state index contributed by atoms with van der Waals surface area (Å²) in [6.45, 7) is -0.0261. The maximum Gasteiger partial charge on any atom is 0.337 e. The lowest BCUT2D eigenvalue weighted by Crippen LogP contribution is -2.30. The maximum atomic E-state index is 13.0. The number of benzene rings is 2. The van der Waals surface area contributed by atoms with E-state index in [0.29, 0.717) is 5.69 Å². The topological polar surface area (TPSA) is 84.9 Å². The van der Waals surface area contributed by atoms with Crippen molar-refractivity contribution in [1.82, 2.24) is 0 Å². The number of nitrogens with zero attached hydrogens (tertiary/aromatic N) is 1. The highest BCUT2D eigenvalue weighted by Gasteiger charge is 2.15. The molecule has 1 amide bonds. The largest absolute Gasteiger partial charge is 0.465 e. The third-order valence-electron chi connectivity index (χ3n) is 3.71. The number of esters is 2. The van der Waals surface area contributed by atoms with Crippen LogP contribution in [-0.4, -0.2) is 45.7 Å². The van der Waals surface area contributed by atoms with E-state index >= 15 is 0 Å². The molecule has 2 aromatic rings. The summed E-state index contributed by atoms with van der Waals surface area (Å²) in [5, 5.41) is 2.62. The van der Waals surface area contributed by atoms with E-state index in [4.69, 9.17) is 0 Å². The highest BCUT2D eigenvalue weighted by atomic mass is 19.1. The van der Waals surface area contributed by atoms with Gasteiger partial charge in [0.25, 0.3) is 0 Å². The number of rotatable bonds is 6. The van der Waals surface area contributed by atoms with Crippen molar-refractivity contribution >= 4 is 29.2 Å². The first-order valence-corrected chi connectivity index (χ1v) is 7.92. The third kappa shape index (κ3) is 5.27. The van der Waals surface area contributed by atoms with Crippen LogP contribution in [0.5, 0.6) is 0 Å². The SMILES string of the molecule is COC(=O)c1cc(NC(=O)CN(C)c2ccc(F)cc2)cc(C(=O)OC)c1. The summed E-state index contributed by atoms with van der Waals surface area (Å²) in [4.78, 5) is 37.5. The molecule has 0 spiro atoms. The predicted molar refractivity (Wildman–Crippen MR) is 97.4 cm³/mol. The third-order valence-corrected chi connectivity index (χ3v) is 3.71. The first kappa shape index (κ1) is 19.9. The van der Waals surface area contributed by atoms with Gasteiger partial charge in [0.15, 0.2) is 0 Å². The number of carbonyl (C=O) groups excluding carboxylic acids is 3. The van der Waals surface area contributed by atoms with Crippen LogP contribution in [-0.2, 0) is 14.3 Å². The minimum absolute atomic E-state index is 0.0261. The van der Waals surface area contributed by atoms with Gasteiger partial charge < -0.3 is 19.7 Å². The van der Waals surface area contributed by atoms with Crippen LogP contribution in [0.3, 0.4) is 0 Å². The molecule has 2 aromatic carbocycles. The van der Waals surface area contributed by atoms with Gasteiger partial charge in [-0.2, -0.15) is 0 Å². The van der Waals surface area contributed by atoms with Crippen molar-refractivity contribution in [3.63, 3.8) is 0 Å². The normalized spacial score (nSPS) is 10.1. The molecule has 1 N–H and O–H groups in total. The maximum absolute atomic E-state index is 13.0. The van der Waals surface area contributed by atoms with E-state index in [-0.39, 0.29) is 35.1 Å². The Labute approximate surface area is 155 Å². The standard InChI is InChI=1S/C19H19FN2O5/c1-22(16-6-4-14(20)5-7-16)11-17(23)21-15-9-12(18(24)26-2)8-13(10-15)19(25)27-3/h4-10H,11H2,1-3H3,(H,21,23). The van der Waals surface area contributed by atoms with Gasteiger partial charge in [0.05, 0.1) is 31.9 Å². The molecular formula is C19H19FN2O5. The highest BCUT2D eigenvalue weighted by Crippen LogP contribution is 2.18. The first-order valence-electron chi connectivity index (χ1n) is 7.92. The van der Waals surface area contributed by atoms with E-state index in [1.165, 1.54) is 44.6 Å². The number of carbonyl (C=O) groups is 3. The van der Waals surface area contributed by atoms with E-state index in [1.807, 2.05) is 0 Å². The summed E-state index contributed by atoms with van der Waals surface area (Å²) in [7, 11) is 4.10.